The Morgan fingerprint density at radius 2 is 1.63 bits per heavy atom. The Balaban J connectivity index is 2.23. The summed E-state index contributed by atoms with van der Waals surface area (Å²) in [5.41, 5.74) is 2.18. The highest BCUT2D eigenvalue weighted by Crippen LogP contribution is 2.36. The lowest BCUT2D eigenvalue weighted by molar-refractivity contribution is -0.143. The summed E-state index contributed by atoms with van der Waals surface area (Å²) < 4.78 is 78.0. The van der Waals surface area contributed by atoms with Crippen LogP contribution < -0.4 is 11.1 Å². The normalized spacial score (nSPS) is 13.0. The van der Waals surface area contributed by atoms with Gasteiger partial charge in [-0.1, -0.05) is 6.07 Å². The molecule has 3 N–H and O–H groups in total. The summed E-state index contributed by atoms with van der Waals surface area (Å²) in [7, 11) is 0. The number of hydrogen-bond acceptors (Lipinski definition) is 3. The molecule has 2 aromatic rings. The van der Waals surface area contributed by atoms with Crippen molar-refractivity contribution < 1.29 is 35.9 Å². The van der Waals surface area contributed by atoms with Gasteiger partial charge in [-0.25, -0.2) is 4.98 Å². The number of carbonyl (C=O) groups is 2. The lowest BCUT2D eigenvalue weighted by Gasteiger charge is -2.17. The minimum Gasteiger partial charge on any atom is -0.368 e. The summed E-state index contributed by atoms with van der Waals surface area (Å²) in [5, 5.41) is 2.23. The van der Waals surface area contributed by atoms with Crippen molar-refractivity contribution >= 4 is 27.7 Å². The summed E-state index contributed by atoms with van der Waals surface area (Å²) in [6.07, 6.45) is -9.49. The fourth-order valence-electron chi connectivity index (χ4n) is 2.57. The molecule has 0 radical (unpaired) electrons. The Bertz CT molecular complexity index is 914. The van der Waals surface area contributed by atoms with Crippen LogP contribution in [0.4, 0.5) is 26.3 Å². The van der Waals surface area contributed by atoms with Gasteiger partial charge in [0, 0.05) is 12.6 Å². The summed E-state index contributed by atoms with van der Waals surface area (Å²) in [5.74, 6) is -1.90. The van der Waals surface area contributed by atoms with Gasteiger partial charge in [-0.3, -0.25) is 9.59 Å². The maximum atomic E-state index is 12.9. The molecular formula is C18H14BrF6N3O2. The number of hydrogen-bond donors (Lipinski definition) is 2. The van der Waals surface area contributed by atoms with Crippen molar-refractivity contribution in [2.45, 2.75) is 31.2 Å². The highest BCUT2D eigenvalue weighted by molar-refractivity contribution is 9.10. The molecule has 0 aliphatic carbocycles. The van der Waals surface area contributed by atoms with Gasteiger partial charge in [0.15, 0.2) is 0 Å². The summed E-state index contributed by atoms with van der Waals surface area (Å²) >= 11 is 3.16. The van der Waals surface area contributed by atoms with Crippen LogP contribution in [0.1, 0.15) is 22.3 Å². The highest BCUT2D eigenvalue weighted by Gasteiger charge is 2.37. The first-order chi connectivity index (χ1) is 13.8. The van der Waals surface area contributed by atoms with Crippen LogP contribution in [0.5, 0.6) is 0 Å². The maximum absolute atomic E-state index is 12.9. The van der Waals surface area contributed by atoms with E-state index in [1.54, 1.807) is 12.1 Å². The second-order valence-corrected chi connectivity index (χ2v) is 7.02. The number of nitrogens with one attached hydrogen (secondary N) is 1. The lowest BCUT2D eigenvalue weighted by atomic mass is 10.0. The third-order valence-corrected chi connectivity index (χ3v) is 4.67. The number of halogens is 7. The van der Waals surface area contributed by atoms with Gasteiger partial charge < -0.3 is 11.1 Å². The van der Waals surface area contributed by atoms with Gasteiger partial charge in [0.1, 0.15) is 10.6 Å². The first-order valence-electron chi connectivity index (χ1n) is 8.24. The average molecular weight is 498 g/mol. The van der Waals surface area contributed by atoms with E-state index in [-0.39, 0.29) is 12.5 Å². The monoisotopic (exact) mass is 497 g/mol. The van der Waals surface area contributed by atoms with Crippen LogP contribution in [0, 0.1) is 0 Å². The van der Waals surface area contributed by atoms with E-state index in [4.69, 9.17) is 5.73 Å². The van der Waals surface area contributed by atoms with Crippen molar-refractivity contribution in [1.29, 1.82) is 0 Å². The standard InChI is InChI=1S/C18H14BrF6N3O2/c19-15-10(2-1-3-27-15)7-13(16(26)30)28-14(29)6-9-4-11(17(20,21)22)8-12(5-9)18(23,24)25/h1-5,8,13H,6-7H2,(H2,26,30)(H,28,29)/t13-/m1/s1. The molecule has 0 spiro atoms. The van der Waals surface area contributed by atoms with Crippen LogP contribution >= 0.6 is 15.9 Å². The molecule has 0 saturated carbocycles. The minimum absolute atomic E-state index is 0.0342. The molecule has 5 nitrogen and oxygen atoms in total. The molecular weight excluding hydrogens is 484 g/mol. The minimum atomic E-state index is -5.03. The van der Waals surface area contributed by atoms with Crippen molar-refractivity contribution in [1.82, 2.24) is 10.3 Å². The Kier molecular flexibility index (Phi) is 7.11. The fourth-order valence-corrected chi connectivity index (χ4v) is 2.98. The molecule has 0 aliphatic heterocycles. The molecule has 1 atom stereocenters. The summed E-state index contributed by atoms with van der Waals surface area (Å²) in [6.45, 7) is 0. The number of aromatic nitrogens is 1. The first kappa shape index (κ1) is 23.6. The largest absolute Gasteiger partial charge is 0.416 e. The van der Waals surface area contributed by atoms with E-state index in [0.29, 0.717) is 22.3 Å². The van der Waals surface area contributed by atoms with Crippen LogP contribution in [-0.2, 0) is 34.8 Å². The maximum Gasteiger partial charge on any atom is 0.416 e. The number of rotatable bonds is 6. The SMILES string of the molecule is NC(=O)[C@@H](Cc1cccnc1Br)NC(=O)Cc1cc(C(F)(F)F)cc(C(F)(F)F)c1. The topological polar surface area (TPSA) is 85.1 Å². The van der Waals surface area contributed by atoms with Crippen LogP contribution in [-0.4, -0.2) is 22.8 Å². The fraction of sp³-hybridized carbons (Fsp3) is 0.278. The van der Waals surface area contributed by atoms with E-state index >= 15 is 0 Å². The zero-order valence-electron chi connectivity index (χ0n) is 14.9. The second-order valence-electron chi connectivity index (χ2n) is 6.27. The van der Waals surface area contributed by atoms with E-state index in [1.807, 2.05) is 0 Å². The Hall–Kier alpha value is -2.63. The van der Waals surface area contributed by atoms with Crippen molar-refractivity contribution in [2.75, 3.05) is 0 Å². The number of alkyl halides is 6. The zero-order chi connectivity index (χ0) is 22.7. The molecule has 12 heteroatoms. The van der Waals surface area contributed by atoms with Gasteiger partial charge in [0.2, 0.25) is 11.8 Å². The number of amides is 2. The lowest BCUT2D eigenvalue weighted by Crippen LogP contribution is -2.46. The molecule has 1 aromatic carbocycles. The van der Waals surface area contributed by atoms with Crippen molar-refractivity contribution in [3.05, 3.63) is 63.4 Å². The quantitative estimate of drug-likeness (QED) is 0.472. The molecule has 0 bridgehead atoms. The van der Waals surface area contributed by atoms with Crippen LogP contribution in [0.2, 0.25) is 0 Å². The van der Waals surface area contributed by atoms with Crippen LogP contribution in [0.25, 0.3) is 0 Å². The van der Waals surface area contributed by atoms with E-state index < -0.39 is 53.3 Å². The molecule has 0 saturated heterocycles. The predicted octanol–water partition coefficient (Wildman–Crippen LogP) is 3.64. The third kappa shape index (κ3) is 6.44. The summed E-state index contributed by atoms with van der Waals surface area (Å²) in [6, 6.07) is 2.79. The molecule has 162 valence electrons. The Labute approximate surface area is 174 Å². The molecule has 0 unspecified atom stereocenters. The molecule has 0 aliphatic rings. The molecule has 1 aromatic heterocycles. The predicted molar refractivity (Wildman–Crippen MR) is 96.9 cm³/mol. The Morgan fingerprint density at radius 1 is 1.07 bits per heavy atom. The van der Waals surface area contributed by atoms with Crippen molar-refractivity contribution in [3.8, 4) is 0 Å². The van der Waals surface area contributed by atoms with E-state index in [0.717, 1.165) is 0 Å². The van der Waals surface area contributed by atoms with E-state index in [1.165, 1.54) is 6.20 Å². The van der Waals surface area contributed by atoms with E-state index in [2.05, 4.69) is 26.2 Å². The van der Waals surface area contributed by atoms with Gasteiger partial charge in [-0.05, 0) is 51.3 Å². The smallest absolute Gasteiger partial charge is 0.368 e. The second kappa shape index (κ2) is 9.02. The van der Waals surface area contributed by atoms with E-state index in [9.17, 15) is 35.9 Å². The van der Waals surface area contributed by atoms with Crippen LogP contribution in [0.15, 0.2) is 41.1 Å². The highest BCUT2D eigenvalue weighted by atomic mass is 79.9. The van der Waals surface area contributed by atoms with Gasteiger partial charge in [-0.2, -0.15) is 26.3 Å². The molecule has 30 heavy (non-hydrogen) atoms. The van der Waals surface area contributed by atoms with Gasteiger partial charge >= 0.3 is 12.4 Å². The molecule has 0 fully saturated rings. The molecule has 2 amide bonds. The van der Waals surface area contributed by atoms with Crippen molar-refractivity contribution in [3.63, 3.8) is 0 Å². The van der Waals surface area contributed by atoms with Crippen LogP contribution in [0.3, 0.4) is 0 Å². The third-order valence-electron chi connectivity index (χ3n) is 3.95. The zero-order valence-corrected chi connectivity index (χ0v) is 16.5. The number of nitrogens with two attached hydrogens (primary N) is 1. The molecule has 2 rings (SSSR count). The number of carbonyl (C=O) groups excluding carboxylic acids is 2. The van der Waals surface area contributed by atoms with Crippen molar-refractivity contribution in [2.24, 2.45) is 5.73 Å². The molecule has 1 heterocycles. The first-order valence-corrected chi connectivity index (χ1v) is 9.03. The number of pyridine rings is 1. The average Bonchev–Trinajstić information content (AvgIpc) is 2.61. The van der Waals surface area contributed by atoms with Gasteiger partial charge in [-0.15, -0.1) is 0 Å². The Morgan fingerprint density at radius 3 is 2.10 bits per heavy atom. The van der Waals surface area contributed by atoms with Gasteiger partial charge in [0.25, 0.3) is 0 Å². The number of nitrogens with zero attached hydrogens (tertiary/aromatic N) is 1. The number of benzene rings is 1. The number of primary amides is 1. The summed E-state index contributed by atoms with van der Waals surface area (Å²) in [4.78, 5) is 27.8. The van der Waals surface area contributed by atoms with Gasteiger partial charge in [0.05, 0.1) is 17.5 Å².